The zero-order valence-electron chi connectivity index (χ0n) is 22.8. The van der Waals surface area contributed by atoms with E-state index in [1.165, 1.54) is 16.5 Å². The summed E-state index contributed by atoms with van der Waals surface area (Å²) in [5, 5.41) is 24.2. The predicted octanol–water partition coefficient (Wildman–Crippen LogP) is 7.51. The van der Waals surface area contributed by atoms with Crippen LogP contribution in [0.5, 0.6) is 17.2 Å². The lowest BCUT2D eigenvalue weighted by Crippen LogP contribution is -2.29. The van der Waals surface area contributed by atoms with Gasteiger partial charge in [0.1, 0.15) is 23.9 Å². The van der Waals surface area contributed by atoms with E-state index in [4.69, 9.17) is 4.74 Å². The molecule has 5 aromatic rings. The van der Waals surface area contributed by atoms with Crippen LogP contribution in [-0.4, -0.2) is 34.0 Å². The maximum absolute atomic E-state index is 9.90. The van der Waals surface area contributed by atoms with Gasteiger partial charge in [0.25, 0.3) is 0 Å². The third-order valence-corrected chi connectivity index (χ3v) is 7.40. The standard InChI is InChI=1S/C34H36N2O3/c1-4-23(2)35-19-20-39-31-16-5-25(6-17-31)22-36-33-18-11-28(26-7-12-29(37)13-8-26)21-32(33)24(3)34(36)27-9-14-30(38)15-10-27/h5-18,21,23,35,37-38H,4,19-20,22H2,1-3H3. The van der Waals surface area contributed by atoms with Gasteiger partial charge in [-0.3, -0.25) is 0 Å². The fourth-order valence-corrected chi connectivity index (χ4v) is 5.00. The fourth-order valence-electron chi connectivity index (χ4n) is 5.00. The van der Waals surface area contributed by atoms with Gasteiger partial charge in [-0.15, -0.1) is 0 Å². The van der Waals surface area contributed by atoms with Crippen molar-refractivity contribution < 1.29 is 14.9 Å². The van der Waals surface area contributed by atoms with Crippen LogP contribution in [0, 0.1) is 6.92 Å². The highest BCUT2D eigenvalue weighted by Gasteiger charge is 2.17. The first kappa shape index (κ1) is 26.4. The van der Waals surface area contributed by atoms with Crippen LogP contribution in [0.25, 0.3) is 33.3 Å². The lowest BCUT2D eigenvalue weighted by Gasteiger charge is -2.14. The summed E-state index contributed by atoms with van der Waals surface area (Å²) in [6.45, 7) is 8.68. The Bertz CT molecular complexity index is 1540. The number of aromatic hydroxyl groups is 2. The molecule has 0 fully saturated rings. The van der Waals surface area contributed by atoms with Gasteiger partial charge in [0.05, 0.1) is 5.69 Å². The van der Waals surface area contributed by atoms with E-state index in [1.54, 1.807) is 24.3 Å². The van der Waals surface area contributed by atoms with E-state index in [2.05, 4.69) is 61.0 Å². The highest BCUT2D eigenvalue weighted by molar-refractivity contribution is 5.94. The van der Waals surface area contributed by atoms with Crippen LogP contribution in [0.4, 0.5) is 0 Å². The van der Waals surface area contributed by atoms with E-state index in [9.17, 15) is 10.2 Å². The fraction of sp³-hybridized carbons (Fsp3) is 0.235. The molecule has 1 aromatic heterocycles. The van der Waals surface area contributed by atoms with Gasteiger partial charge in [-0.1, -0.05) is 37.3 Å². The molecule has 5 nitrogen and oxygen atoms in total. The monoisotopic (exact) mass is 520 g/mol. The van der Waals surface area contributed by atoms with Crippen molar-refractivity contribution in [3.05, 3.63) is 102 Å². The number of fused-ring (bicyclic) bond motifs is 1. The summed E-state index contributed by atoms with van der Waals surface area (Å²) < 4.78 is 8.29. The summed E-state index contributed by atoms with van der Waals surface area (Å²) in [7, 11) is 0. The summed E-state index contributed by atoms with van der Waals surface area (Å²) in [5.74, 6) is 1.38. The van der Waals surface area contributed by atoms with Crippen molar-refractivity contribution in [2.24, 2.45) is 0 Å². The van der Waals surface area contributed by atoms with Crippen molar-refractivity contribution in [1.82, 2.24) is 9.88 Å². The summed E-state index contributed by atoms with van der Waals surface area (Å²) in [4.78, 5) is 0. The quantitative estimate of drug-likeness (QED) is 0.167. The van der Waals surface area contributed by atoms with E-state index in [0.717, 1.165) is 46.6 Å². The molecule has 5 rings (SSSR count). The Balaban J connectivity index is 1.47. The van der Waals surface area contributed by atoms with E-state index in [-0.39, 0.29) is 11.5 Å². The molecule has 39 heavy (non-hydrogen) atoms. The Hall–Kier alpha value is -4.22. The van der Waals surface area contributed by atoms with Crippen LogP contribution >= 0.6 is 0 Å². The molecule has 200 valence electrons. The SMILES string of the molecule is CCC(C)NCCOc1ccc(Cn2c(-c3ccc(O)cc3)c(C)c3cc(-c4ccc(O)cc4)ccc32)cc1. The number of rotatable bonds is 10. The normalized spacial score (nSPS) is 12.1. The largest absolute Gasteiger partial charge is 0.508 e. The predicted molar refractivity (Wildman–Crippen MR) is 160 cm³/mol. The Kier molecular flexibility index (Phi) is 7.89. The molecule has 0 saturated carbocycles. The van der Waals surface area contributed by atoms with Crippen molar-refractivity contribution in [3.63, 3.8) is 0 Å². The number of aromatic nitrogens is 1. The molecule has 0 aliphatic heterocycles. The topological polar surface area (TPSA) is 66.7 Å². The molecular formula is C34H36N2O3. The zero-order chi connectivity index (χ0) is 27.4. The van der Waals surface area contributed by atoms with Crippen LogP contribution in [-0.2, 0) is 6.54 Å². The molecule has 0 spiro atoms. The molecule has 0 saturated heterocycles. The Morgan fingerprint density at radius 2 is 1.41 bits per heavy atom. The molecule has 0 bridgehead atoms. The molecule has 0 aliphatic carbocycles. The van der Waals surface area contributed by atoms with Crippen molar-refractivity contribution >= 4 is 10.9 Å². The molecule has 0 amide bonds. The van der Waals surface area contributed by atoms with Crippen molar-refractivity contribution in [3.8, 4) is 39.6 Å². The van der Waals surface area contributed by atoms with Crippen molar-refractivity contribution in [2.75, 3.05) is 13.2 Å². The average molecular weight is 521 g/mol. The summed E-state index contributed by atoms with van der Waals surface area (Å²) >= 11 is 0. The number of nitrogens with one attached hydrogen (secondary N) is 1. The average Bonchev–Trinajstić information content (AvgIpc) is 3.23. The summed E-state index contributed by atoms with van der Waals surface area (Å²) in [5.41, 5.74) is 7.86. The van der Waals surface area contributed by atoms with Crippen molar-refractivity contribution in [2.45, 2.75) is 39.8 Å². The van der Waals surface area contributed by atoms with Gasteiger partial charge in [0.2, 0.25) is 0 Å². The third kappa shape index (κ3) is 5.94. The van der Waals surface area contributed by atoms with Gasteiger partial charge in [-0.2, -0.15) is 0 Å². The molecule has 1 heterocycles. The van der Waals surface area contributed by atoms with Crippen LogP contribution in [0.15, 0.2) is 91.0 Å². The molecule has 4 aromatic carbocycles. The maximum atomic E-state index is 9.90. The highest BCUT2D eigenvalue weighted by Crippen LogP contribution is 2.37. The molecule has 0 aliphatic rings. The lowest BCUT2D eigenvalue weighted by atomic mass is 10.0. The second-order valence-electron chi connectivity index (χ2n) is 10.1. The zero-order valence-corrected chi connectivity index (χ0v) is 22.8. The second-order valence-corrected chi connectivity index (χ2v) is 10.1. The number of benzene rings is 4. The molecule has 1 unspecified atom stereocenters. The van der Waals surface area contributed by atoms with Gasteiger partial charge in [-0.25, -0.2) is 0 Å². The van der Waals surface area contributed by atoms with Crippen LogP contribution < -0.4 is 10.1 Å². The minimum Gasteiger partial charge on any atom is -0.508 e. The van der Waals surface area contributed by atoms with Gasteiger partial charge in [0.15, 0.2) is 0 Å². The van der Waals surface area contributed by atoms with Crippen LogP contribution in [0.1, 0.15) is 31.4 Å². The number of phenols is 2. The first-order valence-electron chi connectivity index (χ1n) is 13.6. The van der Waals surface area contributed by atoms with Gasteiger partial charge in [-0.05, 0) is 109 Å². The number of aryl methyl sites for hydroxylation is 1. The second kappa shape index (κ2) is 11.7. The smallest absolute Gasteiger partial charge is 0.119 e. The number of hydrogen-bond acceptors (Lipinski definition) is 4. The molecule has 0 radical (unpaired) electrons. The number of hydrogen-bond donors (Lipinski definition) is 3. The molecule has 1 atom stereocenters. The molecular weight excluding hydrogens is 484 g/mol. The molecule has 5 heteroatoms. The van der Waals surface area contributed by atoms with E-state index >= 15 is 0 Å². The summed E-state index contributed by atoms with van der Waals surface area (Å²) in [6.07, 6.45) is 1.10. The minimum absolute atomic E-state index is 0.253. The first-order valence-corrected chi connectivity index (χ1v) is 13.6. The highest BCUT2D eigenvalue weighted by atomic mass is 16.5. The van der Waals surface area contributed by atoms with E-state index in [0.29, 0.717) is 19.2 Å². The lowest BCUT2D eigenvalue weighted by molar-refractivity contribution is 0.306. The number of ether oxygens (including phenoxy) is 1. The Labute approximate surface area is 230 Å². The Morgan fingerprint density at radius 1 is 0.795 bits per heavy atom. The first-order chi connectivity index (χ1) is 18.9. The van der Waals surface area contributed by atoms with Crippen LogP contribution in [0.2, 0.25) is 0 Å². The van der Waals surface area contributed by atoms with E-state index in [1.807, 2.05) is 36.4 Å². The third-order valence-electron chi connectivity index (χ3n) is 7.40. The van der Waals surface area contributed by atoms with Crippen molar-refractivity contribution in [1.29, 1.82) is 0 Å². The van der Waals surface area contributed by atoms with Gasteiger partial charge >= 0.3 is 0 Å². The van der Waals surface area contributed by atoms with E-state index < -0.39 is 0 Å². The summed E-state index contributed by atoms with van der Waals surface area (Å²) in [6, 6.07) is 30.1. The van der Waals surface area contributed by atoms with Gasteiger partial charge in [0, 0.05) is 30.0 Å². The van der Waals surface area contributed by atoms with Crippen LogP contribution in [0.3, 0.4) is 0 Å². The Morgan fingerprint density at radius 3 is 2.05 bits per heavy atom. The molecule has 3 N–H and O–H groups in total. The number of nitrogens with zero attached hydrogens (tertiary/aromatic N) is 1. The minimum atomic E-state index is 0.253. The number of phenolic OH excluding ortho intramolecular Hbond substituents is 2. The maximum Gasteiger partial charge on any atom is 0.119 e. The van der Waals surface area contributed by atoms with Gasteiger partial charge < -0.3 is 24.8 Å².